The molecule has 0 aliphatic carbocycles. The lowest BCUT2D eigenvalue weighted by atomic mass is 10.1. The Morgan fingerprint density at radius 3 is 2.55 bits per heavy atom. The number of carbonyl (C=O) groups is 1. The second-order valence-electron chi connectivity index (χ2n) is 5.22. The van der Waals surface area contributed by atoms with Crippen LogP contribution in [0.15, 0.2) is 30.3 Å². The van der Waals surface area contributed by atoms with Crippen molar-refractivity contribution in [1.29, 1.82) is 0 Å². The molecule has 2 aromatic rings. The van der Waals surface area contributed by atoms with E-state index >= 15 is 0 Å². The monoisotopic (exact) mass is 288 g/mol. The maximum atomic E-state index is 12.8. The number of hydrogen-bond donors (Lipinski definition) is 0. The first kappa shape index (κ1) is 13.4. The molecule has 0 N–H and O–H groups in total. The number of carbonyl (C=O) groups excluding carboxylic acids is 1. The zero-order chi connectivity index (χ0) is 13.9. The minimum Gasteiger partial charge on any atom is -0.339 e. The molecular weight excluding hydrogens is 272 g/mol. The van der Waals surface area contributed by atoms with E-state index in [4.69, 9.17) is 11.6 Å². The first-order chi connectivity index (χ1) is 9.75. The largest absolute Gasteiger partial charge is 0.339 e. The van der Waals surface area contributed by atoms with Crippen molar-refractivity contribution in [3.63, 3.8) is 0 Å². The van der Waals surface area contributed by atoms with Gasteiger partial charge in [-0.3, -0.25) is 4.79 Å². The van der Waals surface area contributed by atoms with Gasteiger partial charge in [0.25, 0.3) is 5.91 Å². The molecular formula is C16H17ClN2O. The molecule has 1 aromatic carbocycles. The molecule has 0 unspecified atom stereocenters. The summed E-state index contributed by atoms with van der Waals surface area (Å²) in [4.78, 5) is 19.0. The van der Waals surface area contributed by atoms with E-state index in [9.17, 15) is 4.79 Å². The normalized spacial score (nSPS) is 16.1. The summed E-state index contributed by atoms with van der Waals surface area (Å²) in [6.45, 7) is 1.68. The lowest BCUT2D eigenvalue weighted by molar-refractivity contribution is 0.0763. The van der Waals surface area contributed by atoms with Crippen LogP contribution in [0.25, 0.3) is 10.9 Å². The summed E-state index contributed by atoms with van der Waals surface area (Å²) in [6, 6.07) is 9.35. The van der Waals surface area contributed by atoms with Crippen molar-refractivity contribution in [1.82, 2.24) is 9.88 Å². The van der Waals surface area contributed by atoms with Crippen molar-refractivity contribution in [3.05, 3.63) is 41.0 Å². The maximum absolute atomic E-state index is 12.8. The Kier molecular flexibility index (Phi) is 3.88. The van der Waals surface area contributed by atoms with Crippen LogP contribution >= 0.6 is 11.6 Å². The van der Waals surface area contributed by atoms with Gasteiger partial charge < -0.3 is 4.90 Å². The van der Waals surface area contributed by atoms with Gasteiger partial charge in [-0.05, 0) is 25.0 Å². The number of pyridine rings is 1. The van der Waals surface area contributed by atoms with Crippen LogP contribution in [0.1, 0.15) is 36.0 Å². The highest BCUT2D eigenvalue weighted by atomic mass is 35.5. The first-order valence-electron chi connectivity index (χ1n) is 7.10. The van der Waals surface area contributed by atoms with Gasteiger partial charge in [0, 0.05) is 18.5 Å². The van der Waals surface area contributed by atoms with Crippen LogP contribution in [-0.2, 0) is 0 Å². The van der Waals surface area contributed by atoms with Crippen LogP contribution in [0.2, 0.25) is 5.15 Å². The van der Waals surface area contributed by atoms with E-state index in [-0.39, 0.29) is 5.91 Å². The SMILES string of the molecule is O=C(c1cc(Cl)nc2ccccc12)N1CCCCCC1. The summed E-state index contributed by atoms with van der Waals surface area (Å²) >= 11 is 6.06. The number of rotatable bonds is 1. The Labute approximate surface area is 123 Å². The molecule has 4 heteroatoms. The van der Waals surface area contributed by atoms with Crippen LogP contribution in [0.5, 0.6) is 0 Å². The van der Waals surface area contributed by atoms with Crippen LogP contribution < -0.4 is 0 Å². The summed E-state index contributed by atoms with van der Waals surface area (Å²) in [5.41, 5.74) is 1.45. The molecule has 0 radical (unpaired) electrons. The highest BCUT2D eigenvalue weighted by Crippen LogP contribution is 2.23. The third-order valence-corrected chi connectivity index (χ3v) is 4.00. The molecule has 1 fully saturated rings. The molecule has 1 saturated heterocycles. The number of nitrogens with zero attached hydrogens (tertiary/aromatic N) is 2. The van der Waals surface area contributed by atoms with Crippen molar-refractivity contribution in [2.24, 2.45) is 0 Å². The van der Waals surface area contributed by atoms with Crippen LogP contribution in [0.4, 0.5) is 0 Å². The van der Waals surface area contributed by atoms with Gasteiger partial charge in [-0.2, -0.15) is 0 Å². The van der Waals surface area contributed by atoms with Gasteiger partial charge in [0.1, 0.15) is 5.15 Å². The van der Waals surface area contributed by atoms with E-state index < -0.39 is 0 Å². The Morgan fingerprint density at radius 2 is 1.80 bits per heavy atom. The highest BCUT2D eigenvalue weighted by Gasteiger charge is 2.20. The number of halogens is 1. The predicted molar refractivity (Wildman–Crippen MR) is 81.1 cm³/mol. The molecule has 3 nitrogen and oxygen atoms in total. The standard InChI is InChI=1S/C16H17ClN2O/c17-15-11-13(12-7-3-4-8-14(12)18-15)16(20)19-9-5-1-2-6-10-19/h3-4,7-8,11H,1-2,5-6,9-10H2. The summed E-state index contributed by atoms with van der Waals surface area (Å²) in [5, 5.41) is 1.26. The fourth-order valence-electron chi connectivity index (χ4n) is 2.76. The smallest absolute Gasteiger partial charge is 0.254 e. The van der Waals surface area contributed by atoms with Crippen LogP contribution in [0.3, 0.4) is 0 Å². The van der Waals surface area contributed by atoms with Gasteiger partial charge in [0.05, 0.1) is 11.1 Å². The van der Waals surface area contributed by atoms with E-state index in [1.54, 1.807) is 6.07 Å². The number of hydrogen-bond acceptors (Lipinski definition) is 2. The molecule has 3 rings (SSSR count). The second kappa shape index (κ2) is 5.80. The summed E-state index contributed by atoms with van der Waals surface area (Å²) in [7, 11) is 0. The number of likely N-dealkylation sites (tertiary alicyclic amines) is 1. The molecule has 104 valence electrons. The predicted octanol–water partition coefficient (Wildman–Crippen LogP) is 3.90. The summed E-state index contributed by atoms with van der Waals surface area (Å²) in [6.07, 6.45) is 4.59. The summed E-state index contributed by atoms with van der Waals surface area (Å²) in [5.74, 6) is 0.0763. The maximum Gasteiger partial charge on any atom is 0.254 e. The van der Waals surface area contributed by atoms with E-state index in [0.29, 0.717) is 10.7 Å². The minimum atomic E-state index is 0.0763. The Balaban J connectivity index is 2.02. The van der Waals surface area contributed by atoms with Crippen molar-refractivity contribution in [2.75, 3.05) is 13.1 Å². The highest BCUT2D eigenvalue weighted by molar-refractivity contribution is 6.30. The molecule has 1 aliphatic rings. The van der Waals surface area contributed by atoms with Crippen molar-refractivity contribution < 1.29 is 4.79 Å². The number of fused-ring (bicyclic) bond motifs is 1. The molecule has 0 bridgehead atoms. The minimum absolute atomic E-state index is 0.0763. The molecule has 1 amide bonds. The van der Waals surface area contributed by atoms with E-state index in [1.807, 2.05) is 29.2 Å². The van der Waals surface area contributed by atoms with E-state index in [0.717, 1.165) is 36.8 Å². The van der Waals surface area contributed by atoms with Crippen molar-refractivity contribution in [2.45, 2.75) is 25.7 Å². The molecule has 2 heterocycles. The third kappa shape index (κ3) is 2.63. The third-order valence-electron chi connectivity index (χ3n) is 3.81. The molecule has 20 heavy (non-hydrogen) atoms. The van der Waals surface area contributed by atoms with E-state index in [2.05, 4.69) is 4.98 Å². The lowest BCUT2D eigenvalue weighted by Gasteiger charge is -2.21. The fourth-order valence-corrected chi connectivity index (χ4v) is 2.96. The summed E-state index contributed by atoms with van der Waals surface area (Å²) < 4.78 is 0. The zero-order valence-electron chi connectivity index (χ0n) is 11.3. The number of benzene rings is 1. The molecule has 0 saturated carbocycles. The molecule has 0 atom stereocenters. The van der Waals surface area contributed by atoms with Gasteiger partial charge in [-0.1, -0.05) is 42.6 Å². The zero-order valence-corrected chi connectivity index (χ0v) is 12.1. The first-order valence-corrected chi connectivity index (χ1v) is 7.48. The topological polar surface area (TPSA) is 33.2 Å². The van der Waals surface area contributed by atoms with Crippen LogP contribution in [0, 0.1) is 0 Å². The fraction of sp³-hybridized carbons (Fsp3) is 0.375. The van der Waals surface area contributed by atoms with Crippen molar-refractivity contribution in [3.8, 4) is 0 Å². The average Bonchev–Trinajstić information content (AvgIpc) is 2.74. The number of amides is 1. The average molecular weight is 289 g/mol. The molecule has 0 spiro atoms. The Morgan fingerprint density at radius 1 is 1.10 bits per heavy atom. The van der Waals surface area contributed by atoms with Crippen LogP contribution in [-0.4, -0.2) is 28.9 Å². The number of para-hydroxylation sites is 1. The van der Waals surface area contributed by atoms with Gasteiger partial charge in [-0.25, -0.2) is 4.98 Å². The quantitative estimate of drug-likeness (QED) is 0.746. The number of aromatic nitrogens is 1. The van der Waals surface area contributed by atoms with Gasteiger partial charge in [0.15, 0.2) is 0 Å². The Hall–Kier alpha value is -1.61. The van der Waals surface area contributed by atoms with Gasteiger partial charge in [-0.15, -0.1) is 0 Å². The van der Waals surface area contributed by atoms with Crippen molar-refractivity contribution >= 4 is 28.4 Å². The van der Waals surface area contributed by atoms with Gasteiger partial charge in [0.2, 0.25) is 0 Å². The van der Waals surface area contributed by atoms with Gasteiger partial charge >= 0.3 is 0 Å². The molecule has 1 aromatic heterocycles. The molecule has 1 aliphatic heterocycles. The Bertz CT molecular complexity index is 633. The second-order valence-corrected chi connectivity index (χ2v) is 5.60. The lowest BCUT2D eigenvalue weighted by Crippen LogP contribution is -2.32. The van der Waals surface area contributed by atoms with E-state index in [1.165, 1.54) is 12.8 Å².